The van der Waals surface area contributed by atoms with Crippen LogP contribution in [0.25, 0.3) is 0 Å². The maximum absolute atomic E-state index is 12.3. The second kappa shape index (κ2) is 8.80. The first kappa shape index (κ1) is 16.8. The van der Waals surface area contributed by atoms with E-state index in [9.17, 15) is 4.79 Å². The van der Waals surface area contributed by atoms with Crippen molar-refractivity contribution < 1.29 is 25.2 Å². The molecular weight excluding hydrogens is 373 g/mol. The van der Waals surface area contributed by atoms with Gasteiger partial charge in [-0.05, 0) is 0 Å². The summed E-state index contributed by atoms with van der Waals surface area (Å²) < 4.78 is 8.18. The number of carbonyl (C=O) groups is 1. The number of hydrogen-bond acceptors (Lipinski definition) is 2. The summed E-state index contributed by atoms with van der Waals surface area (Å²) in [6.45, 7) is 1.92. The van der Waals surface area contributed by atoms with Gasteiger partial charge in [0.05, 0.1) is 0 Å². The number of hydrogen-bond donors (Lipinski definition) is 0. The van der Waals surface area contributed by atoms with Gasteiger partial charge >= 0.3 is 138 Å². The van der Waals surface area contributed by atoms with E-state index in [0.29, 0.717) is 12.3 Å². The topological polar surface area (TPSA) is 26.3 Å². The normalized spacial score (nSPS) is 18.2. The van der Waals surface area contributed by atoms with E-state index >= 15 is 0 Å². The molecule has 0 aromatic heterocycles. The first-order valence-electron chi connectivity index (χ1n) is 7.60. The number of Topliss-reactive ketones (excluding diaryl/α,β-unsaturated/α-hetero) is 1. The third-order valence-electron chi connectivity index (χ3n) is 4.07. The van der Waals surface area contributed by atoms with E-state index < -0.39 is 0 Å². The van der Waals surface area contributed by atoms with Crippen molar-refractivity contribution in [2.24, 2.45) is 5.92 Å². The van der Waals surface area contributed by atoms with Gasteiger partial charge in [0.25, 0.3) is 0 Å². The molecular formula is C17H22ClO2Ru. The molecule has 0 heterocycles. The molecule has 1 aromatic rings. The van der Waals surface area contributed by atoms with Crippen LogP contribution in [0.4, 0.5) is 0 Å². The molecule has 0 amide bonds. The van der Waals surface area contributed by atoms with Gasteiger partial charge in [0.15, 0.2) is 0 Å². The zero-order valence-corrected chi connectivity index (χ0v) is 14.8. The molecule has 1 unspecified atom stereocenters. The van der Waals surface area contributed by atoms with Crippen LogP contribution in [-0.2, 0) is 20.5 Å². The number of benzene rings is 1. The number of halogens is 1. The molecule has 0 saturated heterocycles. The van der Waals surface area contributed by atoms with Crippen molar-refractivity contribution in [2.75, 3.05) is 0 Å². The molecule has 2 rings (SSSR count). The van der Waals surface area contributed by atoms with E-state index in [4.69, 9.17) is 14.4 Å². The summed E-state index contributed by atoms with van der Waals surface area (Å²) in [7, 11) is 5.90. The molecule has 0 spiro atoms. The van der Waals surface area contributed by atoms with Crippen molar-refractivity contribution in [3.8, 4) is 5.75 Å². The van der Waals surface area contributed by atoms with Crippen molar-refractivity contribution in [3.63, 3.8) is 0 Å². The van der Waals surface area contributed by atoms with Gasteiger partial charge in [-0.15, -0.1) is 0 Å². The Morgan fingerprint density at radius 1 is 1.38 bits per heavy atom. The van der Waals surface area contributed by atoms with Crippen LogP contribution >= 0.6 is 9.69 Å². The first-order valence-corrected chi connectivity index (χ1v) is 10.8. The summed E-state index contributed by atoms with van der Waals surface area (Å²) in [5.74, 6) is 1.38. The van der Waals surface area contributed by atoms with Crippen molar-refractivity contribution in [1.82, 2.24) is 0 Å². The van der Waals surface area contributed by atoms with Gasteiger partial charge in [-0.2, -0.15) is 0 Å². The molecule has 0 N–H and O–H groups in total. The zero-order chi connectivity index (χ0) is 15.1. The van der Waals surface area contributed by atoms with E-state index in [2.05, 4.69) is 0 Å². The fraction of sp³-hybridized carbons (Fsp3) is 0.529. The van der Waals surface area contributed by atoms with Gasteiger partial charge in [-0.3, -0.25) is 0 Å². The van der Waals surface area contributed by atoms with Crippen LogP contribution in [0.1, 0.15) is 51.0 Å². The molecule has 1 aliphatic carbocycles. The standard InChI is InChI=1S/C17H22O2.ClH.Ru/c1-3-15(18)17(14-10-5-4-6-11-14)19-16-12-8-7-9-13(16)2;;/h2,7-9,12,14,17H,3-6,10-11H2,1H3;1H;/q;;+1/p-1. The molecule has 4 heteroatoms. The van der Waals surface area contributed by atoms with Crippen LogP contribution in [0.2, 0.25) is 0 Å². The Morgan fingerprint density at radius 2 is 2.10 bits per heavy atom. The Kier molecular flexibility index (Phi) is 7.06. The van der Waals surface area contributed by atoms with E-state index in [-0.39, 0.29) is 27.6 Å². The number of ether oxygens (including phenoxy) is 1. The van der Waals surface area contributed by atoms with Crippen molar-refractivity contribution in [2.45, 2.75) is 51.6 Å². The van der Waals surface area contributed by atoms with E-state index in [1.165, 1.54) is 19.3 Å². The molecule has 21 heavy (non-hydrogen) atoms. The monoisotopic (exact) mass is 395 g/mol. The van der Waals surface area contributed by atoms with Crippen molar-refractivity contribution in [3.05, 3.63) is 29.8 Å². The molecule has 1 atom stereocenters. The maximum atomic E-state index is 12.3. The summed E-state index contributed by atoms with van der Waals surface area (Å²) in [5.41, 5.74) is 1.01. The van der Waals surface area contributed by atoms with Gasteiger partial charge in [-0.1, -0.05) is 0 Å². The third kappa shape index (κ3) is 4.72. The Bertz CT molecular complexity index is 495. The molecule has 0 radical (unpaired) electrons. The molecule has 0 bridgehead atoms. The third-order valence-corrected chi connectivity index (χ3v) is 5.25. The fourth-order valence-corrected chi connectivity index (χ4v) is 4.02. The summed E-state index contributed by atoms with van der Waals surface area (Å²) in [4.78, 5) is 12.3. The molecule has 0 aliphatic heterocycles. The Labute approximate surface area is 138 Å². The van der Waals surface area contributed by atoms with Crippen molar-refractivity contribution >= 4 is 20.1 Å². The van der Waals surface area contributed by atoms with Crippen LogP contribution in [0.15, 0.2) is 24.3 Å². The van der Waals surface area contributed by atoms with E-state index in [1.807, 2.05) is 35.8 Å². The average molecular weight is 395 g/mol. The van der Waals surface area contributed by atoms with E-state index in [0.717, 1.165) is 24.2 Å². The van der Waals surface area contributed by atoms with Gasteiger partial charge in [0.1, 0.15) is 0 Å². The molecule has 1 aromatic carbocycles. The van der Waals surface area contributed by atoms with Crippen molar-refractivity contribution in [1.29, 1.82) is 0 Å². The zero-order valence-electron chi connectivity index (χ0n) is 12.3. The van der Waals surface area contributed by atoms with Gasteiger partial charge in [0, 0.05) is 0 Å². The number of carbonyl (C=O) groups excluding carboxylic acids is 1. The Balaban J connectivity index is 2.20. The predicted octanol–water partition coefficient (Wildman–Crippen LogP) is 4.38. The molecule has 1 fully saturated rings. The predicted molar refractivity (Wildman–Crippen MR) is 83.8 cm³/mol. The van der Waals surface area contributed by atoms with Crippen LogP contribution < -0.4 is 4.74 Å². The number of ketones is 1. The summed E-state index contributed by atoms with van der Waals surface area (Å²) in [6, 6.07) is 7.87. The van der Waals surface area contributed by atoms with E-state index in [1.54, 1.807) is 0 Å². The van der Waals surface area contributed by atoms with Crippen LogP contribution in [-0.4, -0.2) is 16.5 Å². The minimum absolute atomic E-state index is 0.218. The second-order valence-corrected chi connectivity index (χ2v) is 7.27. The molecule has 117 valence electrons. The summed E-state index contributed by atoms with van der Waals surface area (Å²) in [6.07, 6.45) is 6.14. The first-order chi connectivity index (χ1) is 10.3. The van der Waals surface area contributed by atoms with Gasteiger partial charge in [-0.25, -0.2) is 0 Å². The second-order valence-electron chi connectivity index (χ2n) is 5.47. The molecule has 1 saturated carbocycles. The Hall–Kier alpha value is -0.527. The number of rotatable bonds is 6. The quantitative estimate of drug-likeness (QED) is 0.669. The average Bonchev–Trinajstić information content (AvgIpc) is 2.54. The van der Waals surface area contributed by atoms with Crippen LogP contribution in [0, 0.1) is 5.92 Å². The van der Waals surface area contributed by atoms with Crippen LogP contribution in [0.5, 0.6) is 5.75 Å². The minimum atomic E-state index is -0.302. The summed E-state index contributed by atoms with van der Waals surface area (Å²) in [5, 5.41) is 0. The van der Waals surface area contributed by atoms with Crippen LogP contribution in [0.3, 0.4) is 0 Å². The van der Waals surface area contributed by atoms with Gasteiger partial charge < -0.3 is 0 Å². The molecule has 1 aliphatic rings. The molecule has 2 nitrogen and oxygen atoms in total. The summed E-state index contributed by atoms with van der Waals surface area (Å²) >= 11 is -0.302. The Morgan fingerprint density at radius 3 is 2.76 bits per heavy atom. The SMILES string of the molecule is CCC(=O)C(Oc1ccccc1[CH]=[Ru][Cl])C1CCCCC1. The fourth-order valence-electron chi connectivity index (χ4n) is 2.91. The number of para-hydroxylation sites is 1. The van der Waals surface area contributed by atoms with Gasteiger partial charge in [0.2, 0.25) is 0 Å².